The van der Waals surface area contributed by atoms with Gasteiger partial charge in [-0.05, 0) is 12.8 Å². The fraction of sp³-hybridized carbons (Fsp3) is 0.727. The minimum Gasteiger partial charge on any atom is -0.435 e. The molecule has 0 saturated heterocycles. The number of hydrogen-bond acceptors (Lipinski definition) is 4. The zero-order valence-electron chi connectivity index (χ0n) is 17.1. The van der Waals surface area contributed by atoms with Crippen LogP contribution in [0.4, 0.5) is 0 Å². The third kappa shape index (κ3) is 24.7. The monoisotopic (exact) mass is 368 g/mol. The average Bonchev–Trinajstić information content (AvgIpc) is 2.62. The quantitative estimate of drug-likeness (QED) is 0.170. The standard InChI is InChI=1S/C12H22O2.C10H18O2/c1-3-5-6-7-8-9-10-11-12(13)14-4-2;1-3-5-6-7-8-9-10(11)12-4-2/h4H,2-3,5-11H2,1H3;4H,2-3,5-9H2,1H3. The SMILES string of the molecule is C=COC(=O)CCCCCCC.C=COC(=O)CCCCCCCCC. The van der Waals surface area contributed by atoms with Gasteiger partial charge in [0, 0.05) is 12.8 Å². The van der Waals surface area contributed by atoms with Gasteiger partial charge in [0.1, 0.15) is 0 Å². The van der Waals surface area contributed by atoms with Gasteiger partial charge in [-0.3, -0.25) is 9.59 Å². The molecular formula is C22H40O4. The van der Waals surface area contributed by atoms with Crippen LogP contribution in [0.5, 0.6) is 0 Å². The van der Waals surface area contributed by atoms with E-state index < -0.39 is 0 Å². The maximum atomic E-state index is 10.9. The van der Waals surface area contributed by atoms with Crippen LogP contribution < -0.4 is 0 Å². The lowest BCUT2D eigenvalue weighted by molar-refractivity contribution is -0.139. The molecule has 4 heteroatoms. The van der Waals surface area contributed by atoms with Crippen molar-refractivity contribution in [1.29, 1.82) is 0 Å². The highest BCUT2D eigenvalue weighted by Crippen LogP contribution is 2.08. The Morgan fingerprint density at radius 2 is 0.923 bits per heavy atom. The number of esters is 2. The summed E-state index contributed by atoms with van der Waals surface area (Å²) in [6, 6.07) is 0. The van der Waals surface area contributed by atoms with Gasteiger partial charge in [0.2, 0.25) is 0 Å². The van der Waals surface area contributed by atoms with Gasteiger partial charge in [0.25, 0.3) is 0 Å². The van der Waals surface area contributed by atoms with Crippen LogP contribution in [0.3, 0.4) is 0 Å². The van der Waals surface area contributed by atoms with Crippen LogP contribution in [-0.4, -0.2) is 11.9 Å². The number of carbonyl (C=O) groups excluding carboxylic acids is 2. The summed E-state index contributed by atoms with van der Waals surface area (Å²) in [5, 5.41) is 0. The molecule has 0 fully saturated rings. The minimum absolute atomic E-state index is 0.159. The van der Waals surface area contributed by atoms with Crippen LogP contribution in [0.15, 0.2) is 25.7 Å². The van der Waals surface area contributed by atoms with E-state index in [9.17, 15) is 9.59 Å². The molecular weight excluding hydrogens is 328 g/mol. The van der Waals surface area contributed by atoms with Crippen molar-refractivity contribution in [3.8, 4) is 0 Å². The molecule has 0 bridgehead atoms. The van der Waals surface area contributed by atoms with Crippen LogP contribution >= 0.6 is 0 Å². The van der Waals surface area contributed by atoms with E-state index in [-0.39, 0.29) is 11.9 Å². The predicted molar refractivity (Wildman–Crippen MR) is 109 cm³/mol. The van der Waals surface area contributed by atoms with Gasteiger partial charge < -0.3 is 9.47 Å². The smallest absolute Gasteiger partial charge is 0.310 e. The van der Waals surface area contributed by atoms with E-state index in [1.54, 1.807) is 0 Å². The van der Waals surface area contributed by atoms with Gasteiger partial charge >= 0.3 is 11.9 Å². The van der Waals surface area contributed by atoms with Crippen LogP contribution in [0.1, 0.15) is 104 Å². The van der Waals surface area contributed by atoms with Crippen molar-refractivity contribution >= 4 is 11.9 Å². The molecule has 4 nitrogen and oxygen atoms in total. The lowest BCUT2D eigenvalue weighted by atomic mass is 10.1. The molecule has 26 heavy (non-hydrogen) atoms. The van der Waals surface area contributed by atoms with Crippen molar-refractivity contribution in [3.05, 3.63) is 25.7 Å². The third-order valence-electron chi connectivity index (χ3n) is 3.90. The third-order valence-corrected chi connectivity index (χ3v) is 3.90. The van der Waals surface area contributed by atoms with Crippen LogP contribution in [0.25, 0.3) is 0 Å². The minimum atomic E-state index is -0.165. The summed E-state index contributed by atoms with van der Waals surface area (Å²) in [5.74, 6) is -0.324. The zero-order chi connectivity index (χ0) is 19.9. The summed E-state index contributed by atoms with van der Waals surface area (Å²) in [6.07, 6.45) is 17.8. The topological polar surface area (TPSA) is 52.6 Å². The Morgan fingerprint density at radius 3 is 1.23 bits per heavy atom. The molecule has 0 saturated carbocycles. The lowest BCUT2D eigenvalue weighted by Crippen LogP contribution is -1.98. The number of hydrogen-bond donors (Lipinski definition) is 0. The second kappa shape index (κ2) is 23.4. The van der Waals surface area contributed by atoms with Crippen molar-refractivity contribution < 1.29 is 19.1 Å². The summed E-state index contributed by atoms with van der Waals surface area (Å²) in [5.41, 5.74) is 0. The molecule has 0 aromatic heterocycles. The van der Waals surface area contributed by atoms with Gasteiger partial charge in [0.05, 0.1) is 12.5 Å². The van der Waals surface area contributed by atoms with Gasteiger partial charge in [-0.1, -0.05) is 91.2 Å². The van der Waals surface area contributed by atoms with E-state index in [1.165, 1.54) is 63.9 Å². The van der Waals surface area contributed by atoms with E-state index in [0.717, 1.165) is 25.7 Å². The molecule has 0 amide bonds. The fourth-order valence-corrected chi connectivity index (χ4v) is 2.40. The Morgan fingerprint density at radius 1 is 0.615 bits per heavy atom. The molecule has 0 aromatic carbocycles. The molecule has 0 unspecified atom stereocenters. The molecule has 0 aliphatic heterocycles. The second-order valence-corrected chi connectivity index (χ2v) is 6.35. The first-order chi connectivity index (χ1) is 12.6. The average molecular weight is 369 g/mol. The first-order valence-corrected chi connectivity index (χ1v) is 10.2. The molecule has 152 valence electrons. The normalized spacial score (nSPS) is 9.62. The van der Waals surface area contributed by atoms with E-state index >= 15 is 0 Å². The second-order valence-electron chi connectivity index (χ2n) is 6.35. The number of rotatable bonds is 16. The molecule has 0 aliphatic carbocycles. The first kappa shape index (κ1) is 26.6. The predicted octanol–water partition coefficient (Wildman–Crippen LogP) is 6.85. The summed E-state index contributed by atoms with van der Waals surface area (Å²) in [7, 11) is 0. The molecule has 0 N–H and O–H groups in total. The number of unbranched alkanes of at least 4 members (excludes halogenated alkanes) is 10. The summed E-state index contributed by atoms with van der Waals surface area (Å²) in [6.45, 7) is 11.0. The van der Waals surface area contributed by atoms with Gasteiger partial charge in [-0.15, -0.1) is 0 Å². The maximum Gasteiger partial charge on any atom is 0.310 e. The highest BCUT2D eigenvalue weighted by Gasteiger charge is 2.00. The molecule has 0 heterocycles. The van der Waals surface area contributed by atoms with Crippen LogP contribution in [0.2, 0.25) is 0 Å². The molecule has 0 aliphatic rings. The van der Waals surface area contributed by atoms with Crippen molar-refractivity contribution in [3.63, 3.8) is 0 Å². The summed E-state index contributed by atoms with van der Waals surface area (Å²) in [4.78, 5) is 21.7. The zero-order valence-corrected chi connectivity index (χ0v) is 17.1. The van der Waals surface area contributed by atoms with Crippen LogP contribution in [-0.2, 0) is 19.1 Å². The largest absolute Gasteiger partial charge is 0.435 e. The molecule has 0 radical (unpaired) electrons. The molecule has 0 spiro atoms. The van der Waals surface area contributed by atoms with E-state index in [4.69, 9.17) is 0 Å². The molecule has 0 aromatic rings. The highest BCUT2D eigenvalue weighted by molar-refractivity contribution is 5.70. The Hall–Kier alpha value is -1.58. The van der Waals surface area contributed by atoms with Crippen molar-refractivity contribution in [2.75, 3.05) is 0 Å². The Bertz CT molecular complexity index is 350. The van der Waals surface area contributed by atoms with E-state index in [0.29, 0.717) is 12.8 Å². The molecule has 0 rings (SSSR count). The summed E-state index contributed by atoms with van der Waals surface area (Å²) >= 11 is 0. The van der Waals surface area contributed by atoms with Gasteiger partial charge in [-0.25, -0.2) is 0 Å². The van der Waals surface area contributed by atoms with E-state index in [1.807, 2.05) is 0 Å². The van der Waals surface area contributed by atoms with E-state index in [2.05, 4.69) is 36.5 Å². The van der Waals surface area contributed by atoms with Crippen molar-refractivity contribution in [2.24, 2.45) is 0 Å². The Kier molecular flexibility index (Phi) is 24.0. The van der Waals surface area contributed by atoms with Crippen LogP contribution in [0, 0.1) is 0 Å². The Balaban J connectivity index is 0. The van der Waals surface area contributed by atoms with Crippen molar-refractivity contribution in [2.45, 2.75) is 104 Å². The number of ether oxygens (including phenoxy) is 2. The first-order valence-electron chi connectivity index (χ1n) is 10.2. The number of carbonyl (C=O) groups is 2. The molecule has 0 atom stereocenters. The highest BCUT2D eigenvalue weighted by atomic mass is 16.5. The fourth-order valence-electron chi connectivity index (χ4n) is 2.40. The summed E-state index contributed by atoms with van der Waals surface area (Å²) < 4.78 is 9.19. The van der Waals surface area contributed by atoms with Gasteiger partial charge in [-0.2, -0.15) is 0 Å². The lowest BCUT2D eigenvalue weighted by Gasteiger charge is -2.00. The van der Waals surface area contributed by atoms with Crippen molar-refractivity contribution in [1.82, 2.24) is 0 Å². The maximum absolute atomic E-state index is 10.9. The Labute approximate surface area is 161 Å². The van der Waals surface area contributed by atoms with Gasteiger partial charge in [0.15, 0.2) is 0 Å².